The molecule has 27 heavy (non-hydrogen) atoms. The highest BCUT2D eigenvalue weighted by Crippen LogP contribution is 2.33. The number of nitrogens with zero attached hydrogens (tertiary/aromatic N) is 1. The van der Waals surface area contributed by atoms with E-state index < -0.39 is 0 Å². The quantitative estimate of drug-likeness (QED) is 0.801. The number of ether oxygens (including phenoxy) is 2. The van der Waals surface area contributed by atoms with Crippen molar-refractivity contribution < 1.29 is 14.3 Å². The minimum absolute atomic E-state index is 0.00349. The minimum atomic E-state index is -0.00349. The summed E-state index contributed by atoms with van der Waals surface area (Å²) >= 11 is 6.04. The van der Waals surface area contributed by atoms with Gasteiger partial charge in [-0.15, -0.1) is 0 Å². The maximum absolute atomic E-state index is 12.8. The minimum Gasteiger partial charge on any atom is -0.493 e. The number of piperazine rings is 1. The summed E-state index contributed by atoms with van der Waals surface area (Å²) in [5.41, 5.74) is 2.60. The van der Waals surface area contributed by atoms with E-state index in [-0.39, 0.29) is 5.91 Å². The van der Waals surface area contributed by atoms with Gasteiger partial charge in [-0.1, -0.05) is 29.8 Å². The Morgan fingerprint density at radius 3 is 2.26 bits per heavy atom. The first kappa shape index (κ1) is 19.3. The molecule has 2 aromatic carbocycles. The zero-order valence-electron chi connectivity index (χ0n) is 15.5. The molecule has 1 amide bonds. The van der Waals surface area contributed by atoms with E-state index in [9.17, 15) is 4.79 Å². The smallest absolute Gasteiger partial charge is 0.247 e. The van der Waals surface area contributed by atoms with Crippen LogP contribution in [-0.4, -0.2) is 51.2 Å². The third kappa shape index (κ3) is 4.62. The van der Waals surface area contributed by atoms with Crippen molar-refractivity contribution in [3.8, 4) is 11.5 Å². The molecule has 1 aliphatic rings. The van der Waals surface area contributed by atoms with Crippen LogP contribution in [0, 0.1) is 0 Å². The number of rotatable bonds is 5. The summed E-state index contributed by atoms with van der Waals surface area (Å²) < 4.78 is 10.8. The monoisotopic (exact) mass is 386 g/mol. The molecule has 1 heterocycles. The van der Waals surface area contributed by atoms with Gasteiger partial charge >= 0.3 is 0 Å². The first-order valence-electron chi connectivity index (χ1n) is 8.82. The summed E-state index contributed by atoms with van der Waals surface area (Å²) in [6.45, 7) is 3.03. The molecule has 2 aromatic rings. The molecule has 0 atom stereocenters. The fourth-order valence-electron chi connectivity index (χ4n) is 3.07. The van der Waals surface area contributed by atoms with Crippen molar-refractivity contribution in [2.24, 2.45) is 0 Å². The lowest BCUT2D eigenvalue weighted by molar-refractivity contribution is -0.126. The van der Waals surface area contributed by atoms with E-state index in [1.165, 1.54) is 0 Å². The maximum Gasteiger partial charge on any atom is 0.247 e. The molecule has 1 N–H and O–H groups in total. The van der Waals surface area contributed by atoms with Crippen molar-refractivity contribution in [3.63, 3.8) is 0 Å². The lowest BCUT2D eigenvalue weighted by Crippen LogP contribution is -2.45. The molecule has 5 nitrogen and oxygen atoms in total. The Morgan fingerprint density at radius 1 is 1.00 bits per heavy atom. The van der Waals surface area contributed by atoms with Gasteiger partial charge in [-0.05, 0) is 41.0 Å². The number of hydrogen-bond acceptors (Lipinski definition) is 4. The Kier molecular flexibility index (Phi) is 6.37. The van der Waals surface area contributed by atoms with Crippen LogP contribution in [0.5, 0.6) is 11.5 Å². The van der Waals surface area contributed by atoms with Crippen molar-refractivity contribution in [3.05, 3.63) is 64.7 Å². The summed E-state index contributed by atoms with van der Waals surface area (Å²) in [6.07, 6.45) is 1.69. The number of halogens is 1. The van der Waals surface area contributed by atoms with E-state index in [0.29, 0.717) is 29.6 Å². The Bertz CT molecular complexity index is 828. The van der Waals surface area contributed by atoms with E-state index in [0.717, 1.165) is 29.8 Å². The lowest BCUT2D eigenvalue weighted by atomic mass is 9.96. The predicted octanol–water partition coefficient (Wildman–Crippen LogP) is 3.22. The molecule has 0 aromatic heterocycles. The van der Waals surface area contributed by atoms with E-state index in [1.807, 2.05) is 47.4 Å². The van der Waals surface area contributed by atoms with Crippen molar-refractivity contribution in [1.82, 2.24) is 10.2 Å². The third-order valence-electron chi connectivity index (χ3n) is 4.55. The molecular formula is C21H23ClN2O3. The number of hydrogen-bond donors (Lipinski definition) is 1. The first-order chi connectivity index (χ1) is 13.1. The van der Waals surface area contributed by atoms with Crippen LogP contribution in [0.2, 0.25) is 5.02 Å². The van der Waals surface area contributed by atoms with Gasteiger partial charge in [0.1, 0.15) is 0 Å². The summed E-state index contributed by atoms with van der Waals surface area (Å²) in [4.78, 5) is 14.7. The number of carbonyl (C=O) groups excluding carboxylic acids is 1. The second-order valence-electron chi connectivity index (χ2n) is 6.21. The lowest BCUT2D eigenvalue weighted by Gasteiger charge is -2.26. The molecule has 0 saturated carbocycles. The molecule has 1 aliphatic heterocycles. The van der Waals surface area contributed by atoms with Gasteiger partial charge in [0, 0.05) is 37.3 Å². The van der Waals surface area contributed by atoms with Crippen LogP contribution >= 0.6 is 11.6 Å². The summed E-state index contributed by atoms with van der Waals surface area (Å²) in [5.74, 6) is 1.26. The van der Waals surface area contributed by atoms with Gasteiger partial charge in [0.2, 0.25) is 5.91 Å². The van der Waals surface area contributed by atoms with Crippen LogP contribution in [0.1, 0.15) is 11.1 Å². The molecule has 1 saturated heterocycles. The van der Waals surface area contributed by atoms with Gasteiger partial charge in [-0.25, -0.2) is 0 Å². The second-order valence-corrected chi connectivity index (χ2v) is 6.65. The fourth-order valence-corrected chi connectivity index (χ4v) is 3.19. The van der Waals surface area contributed by atoms with Crippen molar-refractivity contribution in [2.45, 2.75) is 0 Å². The Hall–Kier alpha value is -2.50. The zero-order valence-corrected chi connectivity index (χ0v) is 16.3. The SMILES string of the molecule is COc1ccc(C(=CC(=O)N2CCNCC2)c2ccc(Cl)cc2)cc1OC. The largest absolute Gasteiger partial charge is 0.493 e. The molecule has 0 spiro atoms. The molecule has 3 rings (SSSR count). The molecule has 6 heteroatoms. The molecule has 142 valence electrons. The highest BCUT2D eigenvalue weighted by Gasteiger charge is 2.17. The van der Waals surface area contributed by atoms with Crippen molar-refractivity contribution in [2.75, 3.05) is 40.4 Å². The highest BCUT2D eigenvalue weighted by atomic mass is 35.5. The summed E-state index contributed by atoms with van der Waals surface area (Å²) in [6, 6.07) is 13.1. The normalized spacial score (nSPS) is 14.8. The van der Waals surface area contributed by atoms with Crippen LogP contribution in [0.4, 0.5) is 0 Å². The topological polar surface area (TPSA) is 50.8 Å². The number of benzene rings is 2. The highest BCUT2D eigenvalue weighted by molar-refractivity contribution is 6.30. The Balaban J connectivity index is 2.03. The van der Waals surface area contributed by atoms with E-state index >= 15 is 0 Å². The fraction of sp³-hybridized carbons (Fsp3) is 0.286. The number of nitrogens with one attached hydrogen (secondary N) is 1. The molecular weight excluding hydrogens is 364 g/mol. The van der Waals surface area contributed by atoms with Gasteiger partial charge < -0.3 is 19.7 Å². The van der Waals surface area contributed by atoms with Crippen LogP contribution in [0.15, 0.2) is 48.5 Å². The summed E-state index contributed by atoms with van der Waals surface area (Å²) in [7, 11) is 3.20. The summed E-state index contributed by atoms with van der Waals surface area (Å²) in [5, 5.41) is 3.91. The zero-order chi connectivity index (χ0) is 19.2. The van der Waals surface area contributed by atoms with Gasteiger partial charge in [0.15, 0.2) is 11.5 Å². The van der Waals surface area contributed by atoms with E-state index in [2.05, 4.69) is 5.32 Å². The predicted molar refractivity (Wildman–Crippen MR) is 108 cm³/mol. The van der Waals surface area contributed by atoms with Crippen LogP contribution in [0.3, 0.4) is 0 Å². The van der Waals surface area contributed by atoms with E-state index in [1.54, 1.807) is 20.3 Å². The molecule has 0 bridgehead atoms. The first-order valence-corrected chi connectivity index (χ1v) is 9.20. The Morgan fingerprint density at radius 2 is 1.63 bits per heavy atom. The van der Waals surface area contributed by atoms with Gasteiger partial charge in [0.05, 0.1) is 14.2 Å². The van der Waals surface area contributed by atoms with Crippen LogP contribution in [-0.2, 0) is 4.79 Å². The average molecular weight is 387 g/mol. The number of amides is 1. The molecule has 1 fully saturated rings. The molecule has 0 unspecified atom stereocenters. The number of methoxy groups -OCH3 is 2. The van der Waals surface area contributed by atoms with Gasteiger partial charge in [0.25, 0.3) is 0 Å². The third-order valence-corrected chi connectivity index (χ3v) is 4.80. The van der Waals surface area contributed by atoms with E-state index in [4.69, 9.17) is 21.1 Å². The molecule has 0 radical (unpaired) electrons. The van der Waals surface area contributed by atoms with Gasteiger partial charge in [-0.2, -0.15) is 0 Å². The second kappa shape index (κ2) is 8.93. The average Bonchev–Trinajstić information content (AvgIpc) is 2.72. The van der Waals surface area contributed by atoms with Gasteiger partial charge in [-0.3, -0.25) is 4.79 Å². The van der Waals surface area contributed by atoms with Crippen molar-refractivity contribution in [1.29, 1.82) is 0 Å². The van der Waals surface area contributed by atoms with Crippen LogP contribution in [0.25, 0.3) is 5.57 Å². The Labute approximate surface area is 164 Å². The van der Waals surface area contributed by atoms with Crippen molar-refractivity contribution >= 4 is 23.1 Å². The standard InChI is InChI=1S/C21H23ClN2O3/c1-26-19-8-5-16(13-20(19)27-2)18(15-3-6-17(22)7-4-15)14-21(25)24-11-9-23-10-12-24/h3-8,13-14,23H,9-12H2,1-2H3. The maximum atomic E-state index is 12.8. The van der Waals surface area contributed by atoms with Crippen LogP contribution < -0.4 is 14.8 Å². The molecule has 0 aliphatic carbocycles. The number of carbonyl (C=O) groups is 1.